The van der Waals surface area contributed by atoms with Crippen LogP contribution < -0.4 is 5.73 Å². The topological polar surface area (TPSA) is 77.2 Å². The lowest BCUT2D eigenvalue weighted by molar-refractivity contribution is 0.100. The van der Waals surface area contributed by atoms with Crippen LogP contribution in [0.25, 0.3) is 0 Å². The van der Waals surface area contributed by atoms with Crippen molar-refractivity contribution in [2.75, 3.05) is 6.26 Å². The van der Waals surface area contributed by atoms with E-state index in [1.54, 1.807) is 12.1 Å². The van der Waals surface area contributed by atoms with Crippen molar-refractivity contribution in [2.24, 2.45) is 5.73 Å². The Morgan fingerprint density at radius 1 is 1.29 bits per heavy atom. The Morgan fingerprint density at radius 3 is 2.14 bits per heavy atom. The number of hydrogen-bond acceptors (Lipinski definition) is 3. The lowest BCUT2D eigenvalue weighted by Gasteiger charge is -2.00. The summed E-state index contributed by atoms with van der Waals surface area (Å²) in [6.45, 7) is 0. The maximum atomic E-state index is 10.9. The van der Waals surface area contributed by atoms with E-state index in [1.165, 1.54) is 12.1 Å². The highest BCUT2D eigenvalue weighted by molar-refractivity contribution is 7.89. The summed E-state index contributed by atoms with van der Waals surface area (Å²) in [7, 11) is -3.03. The van der Waals surface area contributed by atoms with Crippen LogP contribution in [-0.4, -0.2) is 20.6 Å². The van der Waals surface area contributed by atoms with Gasteiger partial charge in [-0.05, 0) is 17.7 Å². The van der Waals surface area contributed by atoms with Crippen LogP contribution in [-0.2, 0) is 15.6 Å². The van der Waals surface area contributed by atoms with E-state index in [-0.39, 0.29) is 5.75 Å². The number of primary amides is 1. The minimum Gasteiger partial charge on any atom is -0.366 e. The highest BCUT2D eigenvalue weighted by Gasteiger charge is 2.05. The maximum absolute atomic E-state index is 10.9. The van der Waals surface area contributed by atoms with Gasteiger partial charge in [0.15, 0.2) is 9.84 Å². The molecule has 5 heteroatoms. The van der Waals surface area contributed by atoms with Crippen molar-refractivity contribution in [2.45, 2.75) is 5.75 Å². The standard InChI is InChI=1S/C9H11NO3S/c1-14(12,13)6-7-2-4-8(5-3-7)9(10)11/h2-5H,6H2,1H3,(H2,10,11). The Bertz CT molecular complexity index is 434. The zero-order valence-electron chi connectivity index (χ0n) is 7.73. The summed E-state index contributed by atoms with van der Waals surface area (Å²) in [6.07, 6.45) is 1.16. The molecule has 1 aromatic rings. The molecule has 76 valence electrons. The van der Waals surface area contributed by atoms with Crippen LogP contribution in [0, 0.1) is 0 Å². The molecule has 0 saturated carbocycles. The van der Waals surface area contributed by atoms with E-state index in [9.17, 15) is 13.2 Å². The smallest absolute Gasteiger partial charge is 0.248 e. The Labute approximate surface area is 82.7 Å². The Morgan fingerprint density at radius 2 is 1.79 bits per heavy atom. The van der Waals surface area contributed by atoms with Gasteiger partial charge in [-0.25, -0.2) is 8.42 Å². The number of nitrogens with two attached hydrogens (primary N) is 1. The predicted molar refractivity (Wildman–Crippen MR) is 53.5 cm³/mol. The lowest BCUT2D eigenvalue weighted by Crippen LogP contribution is -2.10. The average Bonchev–Trinajstić information content (AvgIpc) is 2.02. The van der Waals surface area contributed by atoms with E-state index in [2.05, 4.69) is 0 Å². The third-order valence-corrected chi connectivity index (χ3v) is 2.53. The van der Waals surface area contributed by atoms with Crippen molar-refractivity contribution in [1.82, 2.24) is 0 Å². The summed E-state index contributed by atoms with van der Waals surface area (Å²) < 4.78 is 21.9. The summed E-state index contributed by atoms with van der Waals surface area (Å²) >= 11 is 0. The molecule has 14 heavy (non-hydrogen) atoms. The van der Waals surface area contributed by atoms with Gasteiger partial charge in [0.2, 0.25) is 5.91 Å². The first-order valence-corrected chi connectivity index (χ1v) is 6.01. The SMILES string of the molecule is CS(=O)(=O)Cc1ccc(C(N)=O)cc1. The zero-order valence-corrected chi connectivity index (χ0v) is 8.54. The number of amides is 1. The van der Waals surface area contributed by atoms with Gasteiger partial charge in [-0.2, -0.15) is 0 Å². The Kier molecular flexibility index (Phi) is 2.90. The molecule has 1 amide bonds. The van der Waals surface area contributed by atoms with Crippen LogP contribution >= 0.6 is 0 Å². The first-order chi connectivity index (χ1) is 6.38. The highest BCUT2D eigenvalue weighted by atomic mass is 32.2. The van der Waals surface area contributed by atoms with Crippen LogP contribution in [0.1, 0.15) is 15.9 Å². The first-order valence-electron chi connectivity index (χ1n) is 3.95. The summed E-state index contributed by atoms with van der Waals surface area (Å²) in [6, 6.07) is 6.20. The predicted octanol–water partition coefficient (Wildman–Crippen LogP) is 0.330. The van der Waals surface area contributed by atoms with Crippen molar-refractivity contribution < 1.29 is 13.2 Å². The Hall–Kier alpha value is -1.36. The molecule has 0 aliphatic carbocycles. The largest absolute Gasteiger partial charge is 0.366 e. The van der Waals surface area contributed by atoms with Gasteiger partial charge in [0.1, 0.15) is 0 Å². The fourth-order valence-corrected chi connectivity index (χ4v) is 1.87. The minimum atomic E-state index is -3.03. The molecule has 0 aliphatic rings. The van der Waals surface area contributed by atoms with Crippen LogP contribution in [0.15, 0.2) is 24.3 Å². The lowest BCUT2D eigenvalue weighted by atomic mass is 10.1. The van der Waals surface area contributed by atoms with Gasteiger partial charge in [0.25, 0.3) is 0 Å². The number of benzene rings is 1. The summed E-state index contributed by atoms with van der Waals surface area (Å²) in [5.41, 5.74) is 6.06. The molecule has 0 aromatic heterocycles. The van der Waals surface area contributed by atoms with Crippen molar-refractivity contribution in [3.8, 4) is 0 Å². The summed E-state index contributed by atoms with van der Waals surface area (Å²) in [5, 5.41) is 0. The normalized spacial score (nSPS) is 11.2. The molecule has 4 nitrogen and oxygen atoms in total. The molecular weight excluding hydrogens is 202 g/mol. The third-order valence-electron chi connectivity index (χ3n) is 1.67. The molecule has 0 fully saturated rings. The van der Waals surface area contributed by atoms with Crippen LogP contribution in [0.3, 0.4) is 0 Å². The van der Waals surface area contributed by atoms with E-state index in [0.717, 1.165) is 6.26 Å². The Balaban J connectivity index is 2.90. The van der Waals surface area contributed by atoms with Crippen LogP contribution in [0.2, 0.25) is 0 Å². The van der Waals surface area contributed by atoms with Crippen molar-refractivity contribution in [3.05, 3.63) is 35.4 Å². The minimum absolute atomic E-state index is 0.0218. The van der Waals surface area contributed by atoms with Gasteiger partial charge in [0, 0.05) is 11.8 Å². The van der Waals surface area contributed by atoms with Gasteiger partial charge >= 0.3 is 0 Å². The molecule has 0 bridgehead atoms. The van der Waals surface area contributed by atoms with Crippen molar-refractivity contribution in [3.63, 3.8) is 0 Å². The molecule has 0 heterocycles. The molecule has 1 aromatic carbocycles. The van der Waals surface area contributed by atoms with Crippen LogP contribution in [0.4, 0.5) is 0 Å². The molecule has 0 spiro atoms. The molecule has 2 N–H and O–H groups in total. The maximum Gasteiger partial charge on any atom is 0.248 e. The van der Waals surface area contributed by atoms with E-state index < -0.39 is 15.7 Å². The molecular formula is C9H11NO3S. The highest BCUT2D eigenvalue weighted by Crippen LogP contribution is 2.07. The molecule has 0 saturated heterocycles. The van der Waals surface area contributed by atoms with E-state index in [4.69, 9.17) is 5.73 Å². The van der Waals surface area contributed by atoms with Gasteiger partial charge < -0.3 is 5.73 Å². The fourth-order valence-electron chi connectivity index (χ4n) is 1.07. The number of carbonyl (C=O) groups is 1. The van der Waals surface area contributed by atoms with Gasteiger partial charge in [-0.1, -0.05) is 12.1 Å². The monoisotopic (exact) mass is 213 g/mol. The number of hydrogen-bond donors (Lipinski definition) is 1. The van der Waals surface area contributed by atoms with E-state index >= 15 is 0 Å². The second-order valence-corrected chi connectivity index (χ2v) is 5.27. The van der Waals surface area contributed by atoms with Gasteiger partial charge in [0.05, 0.1) is 5.75 Å². The quantitative estimate of drug-likeness (QED) is 0.786. The second-order valence-electron chi connectivity index (χ2n) is 3.13. The molecule has 1 rings (SSSR count). The molecule has 0 radical (unpaired) electrons. The average molecular weight is 213 g/mol. The zero-order chi connectivity index (χ0) is 10.8. The van der Waals surface area contributed by atoms with Crippen molar-refractivity contribution >= 4 is 15.7 Å². The second kappa shape index (κ2) is 3.79. The first kappa shape index (κ1) is 10.7. The molecule has 0 atom stereocenters. The van der Waals surface area contributed by atoms with Crippen LogP contribution in [0.5, 0.6) is 0 Å². The number of carbonyl (C=O) groups excluding carboxylic acids is 1. The van der Waals surface area contributed by atoms with E-state index in [1.807, 2.05) is 0 Å². The number of sulfone groups is 1. The van der Waals surface area contributed by atoms with E-state index in [0.29, 0.717) is 11.1 Å². The van der Waals surface area contributed by atoms with Gasteiger partial charge in [-0.15, -0.1) is 0 Å². The molecule has 0 aliphatic heterocycles. The fraction of sp³-hybridized carbons (Fsp3) is 0.222. The third kappa shape index (κ3) is 3.18. The van der Waals surface area contributed by atoms with Gasteiger partial charge in [-0.3, -0.25) is 4.79 Å². The van der Waals surface area contributed by atoms with Crippen molar-refractivity contribution in [1.29, 1.82) is 0 Å². The molecule has 0 unspecified atom stereocenters. The number of rotatable bonds is 3. The summed E-state index contributed by atoms with van der Waals surface area (Å²) in [5.74, 6) is -0.539. The summed E-state index contributed by atoms with van der Waals surface area (Å²) in [4.78, 5) is 10.7.